The summed E-state index contributed by atoms with van der Waals surface area (Å²) in [7, 11) is 1.48. The Labute approximate surface area is 170 Å². The Kier molecular flexibility index (Phi) is 6.90. The summed E-state index contributed by atoms with van der Waals surface area (Å²) in [6.45, 7) is 0.457. The van der Waals surface area contributed by atoms with Crippen LogP contribution in [-0.4, -0.2) is 24.7 Å². The highest BCUT2D eigenvalue weighted by molar-refractivity contribution is 6.02. The highest BCUT2D eigenvalue weighted by Crippen LogP contribution is 2.26. The van der Waals surface area contributed by atoms with Gasteiger partial charge in [0, 0.05) is 17.8 Å². The summed E-state index contributed by atoms with van der Waals surface area (Å²) >= 11 is 0. The molecule has 29 heavy (non-hydrogen) atoms. The minimum absolute atomic E-state index is 0.0222. The Balaban J connectivity index is 1.57. The maximum Gasteiger partial charge on any atom is 0.248 e. The Morgan fingerprint density at radius 2 is 2.10 bits per heavy atom. The minimum atomic E-state index is -0.281. The van der Waals surface area contributed by atoms with Crippen molar-refractivity contribution in [3.8, 4) is 17.2 Å². The first-order valence-electron chi connectivity index (χ1n) is 9.25. The zero-order valence-electron chi connectivity index (χ0n) is 16.2. The van der Waals surface area contributed by atoms with Crippen LogP contribution in [-0.2, 0) is 4.79 Å². The summed E-state index contributed by atoms with van der Waals surface area (Å²) in [6.07, 6.45) is 14.2. The van der Waals surface area contributed by atoms with Crippen molar-refractivity contribution in [1.29, 1.82) is 0 Å². The zero-order chi connectivity index (χ0) is 20.5. The number of benzene rings is 2. The third kappa shape index (κ3) is 6.14. The average Bonchev–Trinajstić information content (AvgIpc) is 3.00. The van der Waals surface area contributed by atoms with Crippen molar-refractivity contribution < 1.29 is 19.4 Å². The van der Waals surface area contributed by atoms with Gasteiger partial charge in [-0.3, -0.25) is 4.79 Å². The Bertz CT molecular complexity index is 986. The second kappa shape index (κ2) is 9.99. The van der Waals surface area contributed by atoms with Crippen LogP contribution < -0.4 is 14.8 Å². The number of amides is 1. The van der Waals surface area contributed by atoms with E-state index in [4.69, 9.17) is 9.47 Å². The molecule has 0 aromatic heterocycles. The number of nitrogens with one attached hydrogen (secondary N) is 1. The standard InChI is InChI=1S/C24H23NO4/c1-28-23-13-11-18(15-22(23)26)12-14-24(27)25-20-9-6-10-21(16-20)29-17-19-7-4-2-3-5-8-19/h2,4-16,26H,3,17H2,1H3,(H,25,27)/b14-12+. The summed E-state index contributed by atoms with van der Waals surface area (Å²) in [6, 6.07) is 12.2. The molecule has 0 spiro atoms. The molecule has 2 aromatic carbocycles. The maximum absolute atomic E-state index is 12.2. The molecule has 5 heteroatoms. The monoisotopic (exact) mass is 389 g/mol. The summed E-state index contributed by atoms with van der Waals surface area (Å²) in [5, 5.41) is 12.6. The number of allylic oxidation sites excluding steroid dienone is 4. The predicted octanol–water partition coefficient (Wildman–Crippen LogP) is 4.87. The van der Waals surface area contributed by atoms with E-state index in [1.807, 2.05) is 30.4 Å². The van der Waals surface area contributed by atoms with Crippen LogP contribution in [0, 0.1) is 0 Å². The molecule has 148 valence electrons. The van der Waals surface area contributed by atoms with E-state index in [1.54, 1.807) is 30.3 Å². The van der Waals surface area contributed by atoms with Gasteiger partial charge in [0.05, 0.1) is 7.11 Å². The molecule has 2 aromatic rings. The topological polar surface area (TPSA) is 67.8 Å². The van der Waals surface area contributed by atoms with Crippen molar-refractivity contribution >= 4 is 17.7 Å². The molecule has 0 radical (unpaired) electrons. The summed E-state index contributed by atoms with van der Waals surface area (Å²) in [4.78, 5) is 12.2. The van der Waals surface area contributed by atoms with Crippen LogP contribution in [0.5, 0.6) is 17.2 Å². The van der Waals surface area contributed by atoms with E-state index in [1.165, 1.54) is 19.3 Å². The van der Waals surface area contributed by atoms with Crippen molar-refractivity contribution in [2.45, 2.75) is 6.42 Å². The molecule has 0 atom stereocenters. The van der Waals surface area contributed by atoms with Gasteiger partial charge in [0.1, 0.15) is 12.4 Å². The van der Waals surface area contributed by atoms with Gasteiger partial charge in [0.15, 0.2) is 11.5 Å². The number of rotatable bonds is 7. The number of aromatic hydroxyl groups is 1. The van der Waals surface area contributed by atoms with E-state index < -0.39 is 0 Å². The van der Waals surface area contributed by atoms with E-state index in [0.717, 1.165) is 12.0 Å². The third-order valence-corrected chi connectivity index (χ3v) is 4.19. The Hall–Kier alpha value is -3.73. The van der Waals surface area contributed by atoms with Crippen molar-refractivity contribution in [2.75, 3.05) is 19.0 Å². The maximum atomic E-state index is 12.2. The molecule has 0 saturated heterocycles. The van der Waals surface area contributed by atoms with Gasteiger partial charge in [-0.05, 0) is 47.9 Å². The van der Waals surface area contributed by atoms with Crippen molar-refractivity contribution in [1.82, 2.24) is 0 Å². The number of phenolic OH excluding ortho intramolecular Hbond substituents is 1. The van der Waals surface area contributed by atoms with E-state index in [2.05, 4.69) is 17.5 Å². The number of hydrogen-bond donors (Lipinski definition) is 2. The minimum Gasteiger partial charge on any atom is -0.504 e. The van der Waals surface area contributed by atoms with Gasteiger partial charge in [-0.2, -0.15) is 0 Å². The first-order valence-corrected chi connectivity index (χ1v) is 9.25. The zero-order valence-corrected chi connectivity index (χ0v) is 16.2. The fraction of sp³-hybridized carbons (Fsp3) is 0.125. The molecule has 5 nitrogen and oxygen atoms in total. The molecule has 1 amide bonds. The van der Waals surface area contributed by atoms with Crippen LogP contribution in [0.25, 0.3) is 6.08 Å². The smallest absolute Gasteiger partial charge is 0.248 e. The number of methoxy groups -OCH3 is 1. The lowest BCUT2D eigenvalue weighted by atomic mass is 10.2. The van der Waals surface area contributed by atoms with Crippen LogP contribution in [0.3, 0.4) is 0 Å². The van der Waals surface area contributed by atoms with Gasteiger partial charge in [-0.1, -0.05) is 42.5 Å². The lowest BCUT2D eigenvalue weighted by molar-refractivity contribution is -0.111. The van der Waals surface area contributed by atoms with Crippen LogP contribution in [0.1, 0.15) is 12.0 Å². The lowest BCUT2D eigenvalue weighted by Crippen LogP contribution is -2.08. The molecule has 0 heterocycles. The molecule has 0 aliphatic heterocycles. The summed E-state index contributed by atoms with van der Waals surface area (Å²) in [5.41, 5.74) is 2.41. The van der Waals surface area contributed by atoms with Crippen molar-refractivity contribution in [3.05, 3.63) is 90.1 Å². The largest absolute Gasteiger partial charge is 0.504 e. The van der Waals surface area contributed by atoms with Gasteiger partial charge < -0.3 is 19.9 Å². The van der Waals surface area contributed by atoms with E-state index >= 15 is 0 Å². The number of carbonyl (C=O) groups excluding carboxylic acids is 1. The molecule has 2 N–H and O–H groups in total. The number of ether oxygens (including phenoxy) is 2. The van der Waals surface area contributed by atoms with Crippen LogP contribution in [0.2, 0.25) is 0 Å². The molecule has 1 aliphatic rings. The van der Waals surface area contributed by atoms with E-state index in [9.17, 15) is 9.90 Å². The molecule has 3 rings (SSSR count). The normalized spacial score (nSPS) is 13.1. The molecular formula is C24H23NO4. The van der Waals surface area contributed by atoms with Crippen LogP contribution >= 0.6 is 0 Å². The van der Waals surface area contributed by atoms with Gasteiger partial charge in [-0.25, -0.2) is 0 Å². The second-order valence-electron chi connectivity index (χ2n) is 6.38. The number of anilines is 1. The number of phenols is 1. The Morgan fingerprint density at radius 1 is 1.21 bits per heavy atom. The predicted molar refractivity (Wildman–Crippen MR) is 115 cm³/mol. The fourth-order valence-corrected chi connectivity index (χ4v) is 2.72. The molecule has 1 aliphatic carbocycles. The highest BCUT2D eigenvalue weighted by Gasteiger charge is 2.03. The van der Waals surface area contributed by atoms with Crippen LogP contribution in [0.15, 0.2) is 84.5 Å². The lowest BCUT2D eigenvalue weighted by Gasteiger charge is -2.09. The molecule has 0 saturated carbocycles. The summed E-state index contributed by atoms with van der Waals surface area (Å²) in [5.74, 6) is 0.801. The number of hydrogen-bond acceptors (Lipinski definition) is 4. The molecule has 0 fully saturated rings. The van der Waals surface area contributed by atoms with Gasteiger partial charge in [0.25, 0.3) is 0 Å². The van der Waals surface area contributed by atoms with Gasteiger partial charge in [-0.15, -0.1) is 0 Å². The first kappa shape index (κ1) is 20.0. The first-order chi connectivity index (χ1) is 14.1. The van der Waals surface area contributed by atoms with Crippen molar-refractivity contribution in [3.63, 3.8) is 0 Å². The molecular weight excluding hydrogens is 366 g/mol. The van der Waals surface area contributed by atoms with Gasteiger partial charge >= 0.3 is 0 Å². The highest BCUT2D eigenvalue weighted by atomic mass is 16.5. The van der Waals surface area contributed by atoms with Crippen molar-refractivity contribution in [2.24, 2.45) is 0 Å². The van der Waals surface area contributed by atoms with E-state index in [-0.39, 0.29) is 11.7 Å². The van der Waals surface area contributed by atoms with Gasteiger partial charge in [0.2, 0.25) is 5.91 Å². The number of carbonyl (C=O) groups is 1. The van der Waals surface area contributed by atoms with Crippen LogP contribution in [0.4, 0.5) is 5.69 Å². The second-order valence-corrected chi connectivity index (χ2v) is 6.38. The quantitative estimate of drug-likeness (QED) is 0.663. The van der Waals surface area contributed by atoms with E-state index in [0.29, 0.717) is 29.4 Å². The molecule has 0 unspecified atom stereocenters. The average molecular weight is 389 g/mol. The Morgan fingerprint density at radius 3 is 2.93 bits per heavy atom. The summed E-state index contributed by atoms with van der Waals surface area (Å²) < 4.78 is 10.8. The fourth-order valence-electron chi connectivity index (χ4n) is 2.72. The molecule has 0 bridgehead atoms. The SMILES string of the molecule is COc1ccc(/C=C/C(=O)Nc2cccc(OCC3=CC=CCC=C3)c2)cc1O. The third-order valence-electron chi connectivity index (χ3n) is 4.19.